The minimum atomic E-state index is -0.658. The van der Waals surface area contributed by atoms with Crippen LogP contribution in [0.5, 0.6) is 0 Å². The Balaban J connectivity index is 3.26. The summed E-state index contributed by atoms with van der Waals surface area (Å²) in [6.45, 7) is 4.99. The van der Waals surface area contributed by atoms with Gasteiger partial charge in [0.25, 0.3) is 0 Å². The molecule has 0 heterocycles. The molecule has 0 aromatic carbocycles. The standard InChI is InChI=1S/C79H155NO5/c1-3-5-7-9-11-13-15-16-17-18-43-46-49-53-57-61-65-69-73-79(84)85-74-70-66-62-58-54-50-47-44-41-39-37-35-33-31-29-27-25-23-21-19-20-22-24-26-28-30-32-34-36-38-40-42-45-48-52-56-60-64-68-72-78(83)80-76(75-81)77(82)71-67-63-59-55-51-14-12-10-8-6-4-2/h17-18,76-77,81-82H,3-16,19-75H2,1-2H3,(H,80,83)/b18-17-. The van der Waals surface area contributed by atoms with Gasteiger partial charge < -0.3 is 20.3 Å². The molecule has 0 aliphatic rings. The monoisotopic (exact) mass is 1200 g/mol. The fraction of sp³-hybridized carbons (Fsp3) is 0.949. The highest BCUT2D eigenvalue weighted by Gasteiger charge is 2.20. The van der Waals surface area contributed by atoms with E-state index in [0.29, 0.717) is 25.9 Å². The Morgan fingerprint density at radius 2 is 0.553 bits per heavy atom. The van der Waals surface area contributed by atoms with Crippen LogP contribution in [0.25, 0.3) is 0 Å². The van der Waals surface area contributed by atoms with Gasteiger partial charge in [-0.1, -0.05) is 405 Å². The van der Waals surface area contributed by atoms with Crippen molar-refractivity contribution in [3.8, 4) is 0 Å². The van der Waals surface area contributed by atoms with Gasteiger partial charge in [-0.15, -0.1) is 0 Å². The number of rotatable bonds is 75. The predicted molar refractivity (Wildman–Crippen MR) is 375 cm³/mol. The Bertz CT molecular complexity index is 1290. The Hall–Kier alpha value is -1.40. The van der Waals surface area contributed by atoms with Crippen LogP contribution in [0.3, 0.4) is 0 Å². The molecule has 506 valence electrons. The minimum absolute atomic E-state index is 0.0222. The molecule has 0 saturated carbocycles. The number of ether oxygens (including phenoxy) is 1. The Morgan fingerprint density at radius 1 is 0.318 bits per heavy atom. The Morgan fingerprint density at radius 3 is 0.835 bits per heavy atom. The predicted octanol–water partition coefficient (Wildman–Crippen LogP) is 25.9. The third-order valence-electron chi connectivity index (χ3n) is 18.8. The van der Waals surface area contributed by atoms with Gasteiger partial charge in [0, 0.05) is 12.8 Å². The summed E-state index contributed by atoms with van der Waals surface area (Å²) in [6.07, 6.45) is 94.7. The second-order valence-corrected chi connectivity index (χ2v) is 27.4. The maximum atomic E-state index is 12.5. The van der Waals surface area contributed by atoms with Crippen LogP contribution < -0.4 is 5.32 Å². The average Bonchev–Trinajstić information content (AvgIpc) is 3.51. The first kappa shape index (κ1) is 83.6. The second kappa shape index (κ2) is 75.1. The lowest BCUT2D eigenvalue weighted by Gasteiger charge is -2.22. The number of hydrogen-bond acceptors (Lipinski definition) is 5. The zero-order valence-corrected chi connectivity index (χ0v) is 58.1. The Labute approximate surface area is 533 Å². The molecule has 0 spiro atoms. The SMILES string of the molecule is CCCCCCCCC/C=C\CCCCCCCCCC(=O)OCCCCCCCCCCCCCCCCCCCCCCCCCCCCCCCCCCCCCCCCCC(=O)NC(CO)C(O)CCCCCCCCCCCCC. The van der Waals surface area contributed by atoms with E-state index < -0.39 is 12.1 Å². The fourth-order valence-corrected chi connectivity index (χ4v) is 12.8. The molecule has 85 heavy (non-hydrogen) atoms. The van der Waals surface area contributed by atoms with Crippen molar-refractivity contribution in [2.24, 2.45) is 0 Å². The molecule has 6 heteroatoms. The van der Waals surface area contributed by atoms with E-state index in [4.69, 9.17) is 4.74 Å². The van der Waals surface area contributed by atoms with Crippen molar-refractivity contribution >= 4 is 11.9 Å². The lowest BCUT2D eigenvalue weighted by Crippen LogP contribution is -2.45. The van der Waals surface area contributed by atoms with Crippen molar-refractivity contribution < 1.29 is 24.5 Å². The summed E-state index contributed by atoms with van der Waals surface area (Å²) in [6, 6.07) is -0.534. The number of hydrogen-bond donors (Lipinski definition) is 3. The lowest BCUT2D eigenvalue weighted by molar-refractivity contribution is -0.143. The fourth-order valence-electron chi connectivity index (χ4n) is 12.8. The van der Waals surface area contributed by atoms with Gasteiger partial charge in [0.05, 0.1) is 25.4 Å². The summed E-state index contributed by atoms with van der Waals surface area (Å²) in [5.41, 5.74) is 0. The van der Waals surface area contributed by atoms with Gasteiger partial charge in [-0.3, -0.25) is 9.59 Å². The van der Waals surface area contributed by atoms with Gasteiger partial charge in [0.2, 0.25) is 5.91 Å². The molecule has 6 nitrogen and oxygen atoms in total. The molecule has 0 saturated heterocycles. The summed E-state index contributed by atoms with van der Waals surface area (Å²) in [5.74, 6) is -0.00492. The number of aliphatic hydroxyl groups is 2. The highest BCUT2D eigenvalue weighted by molar-refractivity contribution is 5.76. The first-order valence-electron chi connectivity index (χ1n) is 39.4. The van der Waals surface area contributed by atoms with Gasteiger partial charge in [-0.25, -0.2) is 0 Å². The van der Waals surface area contributed by atoms with Crippen LogP contribution in [-0.2, 0) is 14.3 Å². The third kappa shape index (κ3) is 71.6. The summed E-state index contributed by atoms with van der Waals surface area (Å²) >= 11 is 0. The van der Waals surface area contributed by atoms with Crippen LogP contribution >= 0.6 is 0 Å². The highest BCUT2D eigenvalue weighted by Crippen LogP contribution is 2.20. The maximum absolute atomic E-state index is 12.5. The average molecular weight is 1200 g/mol. The minimum Gasteiger partial charge on any atom is -0.466 e. The van der Waals surface area contributed by atoms with E-state index in [1.807, 2.05) is 0 Å². The molecular weight excluding hydrogens is 1040 g/mol. The number of unbranched alkanes of at least 4 members (excludes halogenated alkanes) is 62. The number of carbonyl (C=O) groups excluding carboxylic acids is 2. The molecule has 3 N–H and O–H groups in total. The van der Waals surface area contributed by atoms with Gasteiger partial charge >= 0.3 is 5.97 Å². The number of amides is 1. The number of allylic oxidation sites excluding steroid dienone is 2. The number of aliphatic hydroxyl groups excluding tert-OH is 2. The van der Waals surface area contributed by atoms with E-state index in [0.717, 1.165) is 38.5 Å². The summed E-state index contributed by atoms with van der Waals surface area (Å²) < 4.78 is 5.52. The van der Waals surface area contributed by atoms with Crippen molar-refractivity contribution in [3.05, 3.63) is 12.2 Å². The largest absolute Gasteiger partial charge is 0.466 e. The van der Waals surface area contributed by atoms with Crippen LogP contribution in [0, 0.1) is 0 Å². The first-order valence-corrected chi connectivity index (χ1v) is 39.4. The van der Waals surface area contributed by atoms with Crippen molar-refractivity contribution in [3.63, 3.8) is 0 Å². The van der Waals surface area contributed by atoms with Crippen LogP contribution in [0.15, 0.2) is 12.2 Å². The van der Waals surface area contributed by atoms with Crippen LogP contribution in [0.4, 0.5) is 0 Å². The zero-order valence-electron chi connectivity index (χ0n) is 58.1. The van der Waals surface area contributed by atoms with Gasteiger partial charge in [0.1, 0.15) is 0 Å². The first-order chi connectivity index (χ1) is 42.0. The molecule has 0 aromatic heterocycles. The van der Waals surface area contributed by atoms with Crippen molar-refractivity contribution in [2.75, 3.05) is 13.2 Å². The highest BCUT2D eigenvalue weighted by atomic mass is 16.5. The van der Waals surface area contributed by atoms with Crippen LogP contribution in [-0.4, -0.2) is 47.4 Å². The molecule has 0 aromatic rings. The van der Waals surface area contributed by atoms with Crippen molar-refractivity contribution in [2.45, 2.75) is 469 Å². The van der Waals surface area contributed by atoms with E-state index in [9.17, 15) is 19.8 Å². The molecule has 0 aliphatic heterocycles. The van der Waals surface area contributed by atoms with E-state index >= 15 is 0 Å². The summed E-state index contributed by atoms with van der Waals surface area (Å²) in [5, 5.41) is 23.2. The second-order valence-electron chi connectivity index (χ2n) is 27.4. The van der Waals surface area contributed by atoms with E-state index in [2.05, 4.69) is 31.3 Å². The summed E-state index contributed by atoms with van der Waals surface area (Å²) in [4.78, 5) is 24.6. The molecule has 0 fully saturated rings. The molecule has 0 radical (unpaired) electrons. The van der Waals surface area contributed by atoms with Gasteiger partial charge in [-0.2, -0.15) is 0 Å². The molecule has 0 rings (SSSR count). The number of carbonyl (C=O) groups is 2. The zero-order chi connectivity index (χ0) is 61.3. The van der Waals surface area contributed by atoms with Gasteiger partial charge in [-0.05, 0) is 51.4 Å². The quantitative estimate of drug-likeness (QED) is 0.0320. The number of nitrogens with one attached hydrogen (secondary N) is 1. The molecule has 0 bridgehead atoms. The molecule has 1 amide bonds. The van der Waals surface area contributed by atoms with Gasteiger partial charge in [0.15, 0.2) is 0 Å². The normalized spacial score (nSPS) is 12.5. The summed E-state index contributed by atoms with van der Waals surface area (Å²) in [7, 11) is 0. The third-order valence-corrected chi connectivity index (χ3v) is 18.8. The molecular formula is C79H155NO5. The maximum Gasteiger partial charge on any atom is 0.305 e. The van der Waals surface area contributed by atoms with Crippen LogP contribution in [0.2, 0.25) is 0 Å². The van der Waals surface area contributed by atoms with E-state index in [-0.39, 0.29) is 18.5 Å². The van der Waals surface area contributed by atoms with Crippen LogP contribution in [0.1, 0.15) is 457 Å². The number of esters is 1. The Kier molecular flexibility index (Phi) is 73.8. The topological polar surface area (TPSA) is 95.9 Å². The van der Waals surface area contributed by atoms with E-state index in [1.165, 1.54) is 385 Å². The van der Waals surface area contributed by atoms with E-state index in [1.54, 1.807) is 0 Å². The molecule has 2 atom stereocenters. The van der Waals surface area contributed by atoms with Crippen molar-refractivity contribution in [1.29, 1.82) is 0 Å². The lowest BCUT2D eigenvalue weighted by atomic mass is 10.0. The van der Waals surface area contributed by atoms with Crippen molar-refractivity contribution in [1.82, 2.24) is 5.32 Å². The smallest absolute Gasteiger partial charge is 0.305 e. The molecule has 0 aliphatic carbocycles. The molecule has 2 unspecified atom stereocenters.